The summed E-state index contributed by atoms with van der Waals surface area (Å²) in [5, 5.41) is 8.42. The van der Waals surface area contributed by atoms with E-state index in [9.17, 15) is 9.59 Å². The molecule has 1 aromatic rings. The lowest BCUT2D eigenvalue weighted by molar-refractivity contribution is -0.125. The fourth-order valence-electron chi connectivity index (χ4n) is 2.16. The summed E-state index contributed by atoms with van der Waals surface area (Å²) in [6.07, 6.45) is 1.55. The highest BCUT2D eigenvalue weighted by atomic mass is 16.5. The highest BCUT2D eigenvalue weighted by Crippen LogP contribution is 2.13. The van der Waals surface area contributed by atoms with Gasteiger partial charge in [-0.15, -0.1) is 5.10 Å². The lowest BCUT2D eigenvalue weighted by Gasteiger charge is -2.32. The molecule has 2 N–H and O–H groups in total. The number of aryl methyl sites for hydroxylation is 1. The summed E-state index contributed by atoms with van der Waals surface area (Å²) in [6.45, 7) is 3.25. The van der Waals surface area contributed by atoms with Crippen molar-refractivity contribution in [3.63, 3.8) is 0 Å². The summed E-state index contributed by atoms with van der Waals surface area (Å²) in [5.41, 5.74) is 3.08. The smallest absolute Gasteiger partial charge is 0.258 e. The van der Waals surface area contributed by atoms with E-state index >= 15 is 0 Å². The van der Waals surface area contributed by atoms with Gasteiger partial charge in [0.2, 0.25) is 5.88 Å². The molecule has 2 amide bonds. The maximum Gasteiger partial charge on any atom is 0.258 e. The molecule has 122 valence electrons. The highest BCUT2D eigenvalue weighted by Gasteiger charge is 2.19. The maximum atomic E-state index is 12.0. The zero-order valence-electron chi connectivity index (χ0n) is 13.1. The Morgan fingerprint density at radius 1 is 1.27 bits per heavy atom. The molecule has 0 saturated carbocycles. The number of carbonyl (C=O) groups excluding carboxylic acids is 2. The summed E-state index contributed by atoms with van der Waals surface area (Å²) >= 11 is 0. The molecule has 0 bridgehead atoms. The number of piperazine rings is 1. The summed E-state index contributed by atoms with van der Waals surface area (Å²) in [4.78, 5) is 26.1. The number of rotatable bonds is 5. The number of carbonyl (C=O) groups is 2. The van der Waals surface area contributed by atoms with Gasteiger partial charge in [0.1, 0.15) is 5.56 Å². The second-order valence-corrected chi connectivity index (χ2v) is 5.23. The fraction of sp³-hybridized carbons (Fsp3) is 0.615. The Labute approximate surface area is 129 Å². The van der Waals surface area contributed by atoms with Crippen LogP contribution in [0.3, 0.4) is 0 Å². The number of hydrogen-bond donors (Lipinski definition) is 2. The van der Waals surface area contributed by atoms with Gasteiger partial charge in [-0.2, -0.15) is 0 Å². The van der Waals surface area contributed by atoms with Crippen LogP contribution in [0.4, 0.5) is 0 Å². The number of hydrazine groups is 1. The van der Waals surface area contributed by atoms with Crippen LogP contribution in [0.15, 0.2) is 6.20 Å². The van der Waals surface area contributed by atoms with Crippen molar-refractivity contribution in [2.75, 3.05) is 46.9 Å². The lowest BCUT2D eigenvalue weighted by atomic mass is 10.3. The summed E-state index contributed by atoms with van der Waals surface area (Å²) in [6, 6.07) is 0. The van der Waals surface area contributed by atoms with Crippen LogP contribution in [0.1, 0.15) is 10.4 Å². The van der Waals surface area contributed by atoms with E-state index in [4.69, 9.17) is 4.74 Å². The Morgan fingerprint density at radius 2 is 1.95 bits per heavy atom. The third-order valence-corrected chi connectivity index (χ3v) is 3.43. The Balaban J connectivity index is 1.79. The predicted octanol–water partition coefficient (Wildman–Crippen LogP) is -1.56. The van der Waals surface area contributed by atoms with Crippen LogP contribution >= 0.6 is 0 Å². The second kappa shape index (κ2) is 7.23. The van der Waals surface area contributed by atoms with Crippen molar-refractivity contribution in [2.45, 2.75) is 0 Å². The number of aromatic nitrogens is 2. The quantitative estimate of drug-likeness (QED) is 0.683. The van der Waals surface area contributed by atoms with Gasteiger partial charge < -0.3 is 15.0 Å². The molecule has 0 unspecified atom stereocenters. The fourth-order valence-corrected chi connectivity index (χ4v) is 2.16. The van der Waals surface area contributed by atoms with Crippen molar-refractivity contribution in [3.05, 3.63) is 11.8 Å². The van der Waals surface area contributed by atoms with Gasteiger partial charge in [0, 0.05) is 39.4 Å². The van der Waals surface area contributed by atoms with Crippen LogP contribution in [0.5, 0.6) is 5.88 Å². The zero-order chi connectivity index (χ0) is 16.1. The topological polar surface area (TPSA) is 91.7 Å². The van der Waals surface area contributed by atoms with E-state index in [-0.39, 0.29) is 18.3 Å². The van der Waals surface area contributed by atoms with Crippen molar-refractivity contribution >= 4 is 11.8 Å². The van der Waals surface area contributed by atoms with E-state index in [1.165, 1.54) is 11.8 Å². The molecule has 0 radical (unpaired) electrons. The van der Waals surface area contributed by atoms with Gasteiger partial charge in [0.25, 0.3) is 11.8 Å². The van der Waals surface area contributed by atoms with Gasteiger partial charge in [-0.05, 0) is 7.05 Å². The van der Waals surface area contributed by atoms with E-state index in [2.05, 4.69) is 20.7 Å². The number of nitrogens with one attached hydrogen (secondary N) is 2. The van der Waals surface area contributed by atoms with Gasteiger partial charge in [-0.1, -0.05) is 0 Å². The first-order valence-electron chi connectivity index (χ1n) is 7.08. The Morgan fingerprint density at radius 3 is 2.59 bits per heavy atom. The van der Waals surface area contributed by atoms with Crippen LogP contribution < -0.4 is 15.5 Å². The average molecular weight is 310 g/mol. The minimum atomic E-state index is -0.390. The van der Waals surface area contributed by atoms with Gasteiger partial charge in [-0.25, -0.2) is 5.01 Å². The van der Waals surface area contributed by atoms with Crippen LogP contribution in [-0.4, -0.2) is 78.4 Å². The molecule has 0 atom stereocenters. The van der Waals surface area contributed by atoms with Crippen molar-refractivity contribution in [3.8, 4) is 5.88 Å². The maximum absolute atomic E-state index is 12.0. The minimum absolute atomic E-state index is 0.0940. The van der Waals surface area contributed by atoms with E-state index in [0.29, 0.717) is 5.56 Å². The van der Waals surface area contributed by atoms with Crippen LogP contribution in [0.2, 0.25) is 0 Å². The molecule has 1 aliphatic rings. The van der Waals surface area contributed by atoms with Crippen molar-refractivity contribution < 1.29 is 14.3 Å². The Bertz CT molecular complexity index is 536. The van der Waals surface area contributed by atoms with E-state index in [1.807, 2.05) is 12.1 Å². The zero-order valence-corrected chi connectivity index (χ0v) is 13.1. The number of likely N-dealkylation sites (N-methyl/N-ethyl adjacent to an activating group) is 1. The molecule has 1 aromatic heterocycles. The molecule has 9 heteroatoms. The molecular weight excluding hydrogens is 288 g/mol. The Hall–Kier alpha value is -2.13. The van der Waals surface area contributed by atoms with Crippen molar-refractivity contribution in [2.24, 2.45) is 7.05 Å². The standard InChI is InChI=1S/C13H22N6O3/c1-17-4-6-19(7-5-17)15-11(20)8-14-12(21)10-9-18(2)16-13(10)22-3/h9H,4-8H2,1-3H3,(H,14,21)(H,15,20). The van der Waals surface area contributed by atoms with E-state index in [0.717, 1.165) is 26.2 Å². The highest BCUT2D eigenvalue weighted by molar-refractivity contribution is 5.98. The predicted molar refractivity (Wildman–Crippen MR) is 79.3 cm³/mol. The number of hydrogen-bond acceptors (Lipinski definition) is 6. The van der Waals surface area contributed by atoms with Gasteiger partial charge in [0.05, 0.1) is 13.7 Å². The van der Waals surface area contributed by atoms with E-state index in [1.54, 1.807) is 13.2 Å². The average Bonchev–Trinajstić information content (AvgIpc) is 2.88. The molecule has 22 heavy (non-hydrogen) atoms. The summed E-state index contributed by atoms with van der Waals surface area (Å²) in [5.74, 6) is -0.404. The normalized spacial score (nSPS) is 16.3. The van der Waals surface area contributed by atoms with Crippen LogP contribution in [0.25, 0.3) is 0 Å². The van der Waals surface area contributed by atoms with Crippen molar-refractivity contribution in [1.29, 1.82) is 0 Å². The van der Waals surface area contributed by atoms with Crippen molar-refractivity contribution in [1.82, 2.24) is 30.4 Å². The number of ether oxygens (including phenoxy) is 1. The summed E-state index contributed by atoms with van der Waals surface area (Å²) in [7, 11) is 5.18. The molecule has 0 aliphatic carbocycles. The molecule has 0 spiro atoms. The van der Waals surface area contributed by atoms with Gasteiger partial charge in [-0.3, -0.25) is 19.7 Å². The molecule has 0 aromatic carbocycles. The SMILES string of the molecule is COc1nn(C)cc1C(=O)NCC(=O)NN1CCN(C)CC1. The third kappa shape index (κ3) is 4.18. The molecular formula is C13H22N6O3. The molecule has 1 aliphatic heterocycles. The molecule has 9 nitrogen and oxygen atoms in total. The molecule has 1 fully saturated rings. The minimum Gasteiger partial charge on any atom is -0.479 e. The summed E-state index contributed by atoms with van der Waals surface area (Å²) < 4.78 is 6.50. The van der Waals surface area contributed by atoms with Crippen LogP contribution in [-0.2, 0) is 11.8 Å². The van der Waals surface area contributed by atoms with Crippen LogP contribution in [0, 0.1) is 0 Å². The molecule has 2 heterocycles. The lowest BCUT2D eigenvalue weighted by Crippen LogP contribution is -2.54. The van der Waals surface area contributed by atoms with Gasteiger partial charge >= 0.3 is 0 Å². The number of nitrogens with zero attached hydrogens (tertiary/aromatic N) is 4. The number of methoxy groups -OCH3 is 1. The van der Waals surface area contributed by atoms with E-state index < -0.39 is 5.91 Å². The largest absolute Gasteiger partial charge is 0.479 e. The third-order valence-electron chi connectivity index (χ3n) is 3.43. The molecule has 2 rings (SSSR count). The second-order valence-electron chi connectivity index (χ2n) is 5.23. The first-order chi connectivity index (χ1) is 10.5. The Kier molecular flexibility index (Phi) is 5.34. The number of amides is 2. The first-order valence-corrected chi connectivity index (χ1v) is 7.08. The molecule has 1 saturated heterocycles. The monoisotopic (exact) mass is 310 g/mol. The van der Waals surface area contributed by atoms with Gasteiger partial charge in [0.15, 0.2) is 0 Å². The first kappa shape index (κ1) is 16.2.